The number of hydrogen-bond donors (Lipinski definition) is 1. The molecule has 0 aliphatic heterocycles. The normalized spacial score (nSPS) is 9.44. The Labute approximate surface area is 99.6 Å². The monoisotopic (exact) mass is 236 g/mol. The van der Waals surface area contributed by atoms with Gasteiger partial charge in [0, 0.05) is 29.8 Å². The van der Waals surface area contributed by atoms with Crippen LogP contribution in [0.2, 0.25) is 0 Å². The SMILES string of the molecule is CC.CCc1ncc(-c2nc(N)cs2)cn1. The number of rotatable bonds is 2. The molecule has 0 aliphatic carbocycles. The number of hydrogen-bond acceptors (Lipinski definition) is 5. The van der Waals surface area contributed by atoms with Gasteiger partial charge in [-0.05, 0) is 0 Å². The molecule has 0 spiro atoms. The van der Waals surface area contributed by atoms with Gasteiger partial charge < -0.3 is 5.73 Å². The second kappa shape index (κ2) is 6.17. The van der Waals surface area contributed by atoms with Crippen LogP contribution in [0.3, 0.4) is 0 Å². The van der Waals surface area contributed by atoms with Gasteiger partial charge in [-0.25, -0.2) is 15.0 Å². The minimum Gasteiger partial charge on any atom is -0.383 e. The molecule has 0 fully saturated rings. The third-order valence-electron chi connectivity index (χ3n) is 1.79. The zero-order valence-electron chi connectivity index (χ0n) is 9.77. The van der Waals surface area contributed by atoms with E-state index in [-0.39, 0.29) is 0 Å². The lowest BCUT2D eigenvalue weighted by Gasteiger charge is -1.96. The fraction of sp³-hybridized carbons (Fsp3) is 0.364. The summed E-state index contributed by atoms with van der Waals surface area (Å²) in [5.74, 6) is 1.39. The van der Waals surface area contributed by atoms with E-state index in [1.165, 1.54) is 11.3 Å². The molecule has 2 N–H and O–H groups in total. The standard InChI is InChI=1S/C9H10N4S.C2H6/c1-2-8-11-3-6(4-12-8)9-13-7(10)5-14-9;1-2/h3-5H,2,10H2,1H3;1-2H3. The van der Waals surface area contributed by atoms with Crippen molar-refractivity contribution in [3.8, 4) is 10.6 Å². The van der Waals surface area contributed by atoms with Crippen LogP contribution in [0.1, 0.15) is 26.6 Å². The molecule has 0 bridgehead atoms. The van der Waals surface area contributed by atoms with E-state index in [9.17, 15) is 0 Å². The van der Waals surface area contributed by atoms with Gasteiger partial charge in [0.15, 0.2) is 0 Å². The quantitative estimate of drug-likeness (QED) is 0.870. The zero-order valence-corrected chi connectivity index (χ0v) is 10.6. The number of anilines is 1. The lowest BCUT2D eigenvalue weighted by Crippen LogP contribution is -1.92. The van der Waals surface area contributed by atoms with E-state index < -0.39 is 0 Å². The molecule has 0 amide bonds. The van der Waals surface area contributed by atoms with Crippen molar-refractivity contribution in [3.05, 3.63) is 23.6 Å². The molecule has 4 nitrogen and oxygen atoms in total. The summed E-state index contributed by atoms with van der Waals surface area (Å²) < 4.78 is 0. The summed E-state index contributed by atoms with van der Waals surface area (Å²) in [6.07, 6.45) is 4.41. The van der Waals surface area contributed by atoms with Gasteiger partial charge in [-0.3, -0.25) is 0 Å². The van der Waals surface area contributed by atoms with E-state index in [2.05, 4.69) is 15.0 Å². The molecule has 0 saturated carbocycles. The van der Waals surface area contributed by atoms with Crippen LogP contribution in [0.25, 0.3) is 10.6 Å². The Kier molecular flexibility index (Phi) is 4.85. The van der Waals surface area contributed by atoms with Crippen LogP contribution in [0.5, 0.6) is 0 Å². The average Bonchev–Trinajstić information content (AvgIpc) is 2.79. The fourth-order valence-corrected chi connectivity index (χ4v) is 1.75. The molecule has 0 aromatic carbocycles. The average molecular weight is 236 g/mol. The molecule has 0 aliphatic rings. The van der Waals surface area contributed by atoms with Gasteiger partial charge >= 0.3 is 0 Å². The van der Waals surface area contributed by atoms with Crippen molar-refractivity contribution in [2.24, 2.45) is 0 Å². The second-order valence-electron chi connectivity index (χ2n) is 2.82. The van der Waals surface area contributed by atoms with Gasteiger partial charge in [-0.15, -0.1) is 11.3 Å². The predicted molar refractivity (Wildman–Crippen MR) is 68.3 cm³/mol. The van der Waals surface area contributed by atoms with E-state index in [0.29, 0.717) is 5.82 Å². The first-order chi connectivity index (χ1) is 7.79. The fourth-order valence-electron chi connectivity index (χ4n) is 1.07. The minimum absolute atomic E-state index is 0.546. The van der Waals surface area contributed by atoms with Crippen molar-refractivity contribution >= 4 is 17.2 Å². The summed E-state index contributed by atoms with van der Waals surface area (Å²) >= 11 is 1.50. The predicted octanol–water partition coefficient (Wildman–Crippen LogP) is 2.77. The van der Waals surface area contributed by atoms with Gasteiger partial charge in [-0.1, -0.05) is 20.8 Å². The third kappa shape index (κ3) is 3.00. The first-order valence-electron chi connectivity index (χ1n) is 5.32. The van der Waals surface area contributed by atoms with Crippen LogP contribution in [0.4, 0.5) is 5.82 Å². The number of nitrogens with zero attached hydrogens (tertiary/aromatic N) is 3. The number of nitrogens with two attached hydrogens (primary N) is 1. The molecule has 2 heterocycles. The highest BCUT2D eigenvalue weighted by atomic mass is 32.1. The summed E-state index contributed by atoms with van der Waals surface area (Å²) in [5.41, 5.74) is 6.45. The largest absolute Gasteiger partial charge is 0.383 e. The Morgan fingerprint density at radius 1 is 1.25 bits per heavy atom. The van der Waals surface area contributed by atoms with Crippen LogP contribution < -0.4 is 5.73 Å². The van der Waals surface area contributed by atoms with Gasteiger partial charge in [0.1, 0.15) is 16.6 Å². The maximum Gasteiger partial charge on any atom is 0.135 e. The number of aromatic nitrogens is 3. The maximum atomic E-state index is 5.53. The summed E-state index contributed by atoms with van der Waals surface area (Å²) in [7, 11) is 0. The van der Waals surface area contributed by atoms with Crippen molar-refractivity contribution < 1.29 is 0 Å². The number of aryl methyl sites for hydroxylation is 1. The molecule has 2 aromatic heterocycles. The molecule has 0 radical (unpaired) electrons. The van der Waals surface area contributed by atoms with Gasteiger partial charge in [-0.2, -0.15) is 0 Å². The molecule has 5 heteroatoms. The molecule has 16 heavy (non-hydrogen) atoms. The maximum absolute atomic E-state index is 5.53. The topological polar surface area (TPSA) is 64.7 Å². The minimum atomic E-state index is 0.546. The van der Waals surface area contributed by atoms with E-state index in [1.807, 2.05) is 26.2 Å². The smallest absolute Gasteiger partial charge is 0.135 e. The first-order valence-corrected chi connectivity index (χ1v) is 6.20. The molecule has 86 valence electrons. The molecule has 0 unspecified atom stereocenters. The second-order valence-corrected chi connectivity index (χ2v) is 3.68. The Bertz CT molecular complexity index is 422. The molecule has 2 aromatic rings. The zero-order chi connectivity index (χ0) is 12.0. The Balaban J connectivity index is 0.000000606. The van der Waals surface area contributed by atoms with Gasteiger partial charge in [0.2, 0.25) is 0 Å². The number of nitrogen functional groups attached to an aromatic ring is 1. The van der Waals surface area contributed by atoms with Crippen molar-refractivity contribution in [1.29, 1.82) is 0 Å². The van der Waals surface area contributed by atoms with Gasteiger partial charge in [0.05, 0.1) is 0 Å². The van der Waals surface area contributed by atoms with Crippen molar-refractivity contribution in [1.82, 2.24) is 15.0 Å². The highest BCUT2D eigenvalue weighted by molar-refractivity contribution is 7.13. The Morgan fingerprint density at radius 3 is 2.31 bits per heavy atom. The van der Waals surface area contributed by atoms with Crippen molar-refractivity contribution in [2.45, 2.75) is 27.2 Å². The Hall–Kier alpha value is -1.49. The molecular formula is C11H16N4S. The van der Waals surface area contributed by atoms with Crippen LogP contribution in [-0.4, -0.2) is 15.0 Å². The van der Waals surface area contributed by atoms with Crippen molar-refractivity contribution in [2.75, 3.05) is 5.73 Å². The van der Waals surface area contributed by atoms with Crippen LogP contribution in [0.15, 0.2) is 17.8 Å². The molecule has 0 saturated heterocycles. The molecule has 0 atom stereocenters. The van der Waals surface area contributed by atoms with E-state index in [0.717, 1.165) is 22.8 Å². The first kappa shape index (κ1) is 12.6. The van der Waals surface area contributed by atoms with Crippen LogP contribution in [0, 0.1) is 0 Å². The van der Waals surface area contributed by atoms with E-state index in [4.69, 9.17) is 5.73 Å². The van der Waals surface area contributed by atoms with E-state index in [1.54, 1.807) is 12.4 Å². The van der Waals surface area contributed by atoms with E-state index >= 15 is 0 Å². The molecular weight excluding hydrogens is 220 g/mol. The highest BCUT2D eigenvalue weighted by Crippen LogP contribution is 2.22. The lowest BCUT2D eigenvalue weighted by molar-refractivity contribution is 0.941. The summed E-state index contributed by atoms with van der Waals surface area (Å²) in [5, 5.41) is 2.67. The third-order valence-corrected chi connectivity index (χ3v) is 2.70. The summed E-state index contributed by atoms with van der Waals surface area (Å²) in [6, 6.07) is 0. The van der Waals surface area contributed by atoms with Crippen LogP contribution >= 0.6 is 11.3 Å². The highest BCUT2D eigenvalue weighted by Gasteiger charge is 2.03. The van der Waals surface area contributed by atoms with Crippen LogP contribution in [-0.2, 0) is 6.42 Å². The lowest BCUT2D eigenvalue weighted by atomic mass is 10.3. The molecule has 2 rings (SSSR count). The number of thiazole rings is 1. The van der Waals surface area contributed by atoms with Gasteiger partial charge in [0.25, 0.3) is 0 Å². The van der Waals surface area contributed by atoms with Crippen molar-refractivity contribution in [3.63, 3.8) is 0 Å². The Morgan fingerprint density at radius 2 is 1.88 bits per heavy atom. The summed E-state index contributed by atoms with van der Waals surface area (Å²) in [6.45, 7) is 6.02. The summed E-state index contributed by atoms with van der Waals surface area (Å²) in [4.78, 5) is 12.5.